The van der Waals surface area contributed by atoms with E-state index in [1.807, 2.05) is 18.2 Å². The van der Waals surface area contributed by atoms with Crippen molar-refractivity contribution in [1.82, 2.24) is 10.3 Å². The number of aromatic amines is 1. The minimum absolute atomic E-state index is 0.0308. The van der Waals surface area contributed by atoms with Crippen LogP contribution in [0.2, 0.25) is 0 Å². The molecule has 0 saturated heterocycles. The van der Waals surface area contributed by atoms with Crippen molar-refractivity contribution in [2.45, 2.75) is 44.3 Å². The SMILES string of the molecule is COc1ccc2[nH]cc(CC(=O)NC3CCCC(C(F)(F)F)C3)c2c1. The molecule has 3 rings (SSSR count). The first-order valence-corrected chi connectivity index (χ1v) is 8.37. The van der Waals surface area contributed by atoms with E-state index in [0.29, 0.717) is 18.6 Å². The third-order valence-corrected chi connectivity index (χ3v) is 4.83. The van der Waals surface area contributed by atoms with E-state index in [-0.39, 0.29) is 25.2 Å². The van der Waals surface area contributed by atoms with Gasteiger partial charge in [-0.2, -0.15) is 13.2 Å². The molecule has 0 aliphatic heterocycles. The summed E-state index contributed by atoms with van der Waals surface area (Å²) in [4.78, 5) is 15.4. The summed E-state index contributed by atoms with van der Waals surface area (Å²) >= 11 is 0. The third-order valence-electron chi connectivity index (χ3n) is 4.83. The van der Waals surface area contributed by atoms with Crippen molar-refractivity contribution >= 4 is 16.8 Å². The molecule has 0 radical (unpaired) electrons. The highest BCUT2D eigenvalue weighted by molar-refractivity contribution is 5.89. The molecule has 1 heterocycles. The van der Waals surface area contributed by atoms with Crippen LogP contribution in [0.25, 0.3) is 10.9 Å². The molecular formula is C18H21F3N2O2. The molecule has 2 aromatic rings. The Morgan fingerprint density at radius 1 is 1.36 bits per heavy atom. The highest BCUT2D eigenvalue weighted by Gasteiger charge is 2.42. The molecule has 0 bridgehead atoms. The zero-order valence-electron chi connectivity index (χ0n) is 14.0. The first-order valence-electron chi connectivity index (χ1n) is 8.37. The average Bonchev–Trinajstić information content (AvgIpc) is 2.96. The number of nitrogens with one attached hydrogen (secondary N) is 2. The van der Waals surface area contributed by atoms with Crippen LogP contribution in [0.4, 0.5) is 13.2 Å². The summed E-state index contributed by atoms with van der Waals surface area (Å²) in [6.07, 6.45) is -1.10. The molecule has 2 unspecified atom stereocenters. The molecule has 1 aliphatic rings. The highest BCUT2D eigenvalue weighted by atomic mass is 19.4. The molecule has 1 aromatic heterocycles. The van der Waals surface area contributed by atoms with Gasteiger partial charge < -0.3 is 15.0 Å². The monoisotopic (exact) mass is 354 g/mol. The Morgan fingerprint density at radius 3 is 2.88 bits per heavy atom. The van der Waals surface area contributed by atoms with Gasteiger partial charge in [-0.25, -0.2) is 0 Å². The number of amides is 1. The van der Waals surface area contributed by atoms with Crippen LogP contribution in [0.15, 0.2) is 24.4 Å². The number of fused-ring (bicyclic) bond motifs is 1. The number of alkyl halides is 3. The lowest BCUT2D eigenvalue weighted by atomic mass is 9.85. The summed E-state index contributed by atoms with van der Waals surface area (Å²) in [7, 11) is 1.57. The fourth-order valence-corrected chi connectivity index (χ4v) is 3.50. The number of aromatic nitrogens is 1. The molecule has 136 valence electrons. The molecule has 0 spiro atoms. The molecule has 1 amide bonds. The molecular weight excluding hydrogens is 333 g/mol. The van der Waals surface area contributed by atoms with Crippen molar-refractivity contribution in [1.29, 1.82) is 0 Å². The lowest BCUT2D eigenvalue weighted by Gasteiger charge is -2.31. The number of hydrogen-bond acceptors (Lipinski definition) is 2. The van der Waals surface area contributed by atoms with Gasteiger partial charge in [-0.15, -0.1) is 0 Å². The normalized spacial score (nSPS) is 21.3. The van der Waals surface area contributed by atoms with E-state index in [1.54, 1.807) is 13.3 Å². The Morgan fingerprint density at radius 2 is 2.16 bits per heavy atom. The van der Waals surface area contributed by atoms with Crippen LogP contribution in [0.1, 0.15) is 31.2 Å². The maximum atomic E-state index is 12.9. The number of hydrogen-bond donors (Lipinski definition) is 2. The molecule has 1 aliphatic carbocycles. The number of benzene rings is 1. The zero-order valence-corrected chi connectivity index (χ0v) is 14.0. The number of rotatable bonds is 4. The maximum absolute atomic E-state index is 12.9. The average molecular weight is 354 g/mol. The van der Waals surface area contributed by atoms with Gasteiger partial charge in [0.25, 0.3) is 0 Å². The summed E-state index contributed by atoms with van der Waals surface area (Å²) < 4.78 is 43.8. The predicted octanol–water partition coefficient (Wildman–Crippen LogP) is 3.96. The minimum Gasteiger partial charge on any atom is -0.497 e. The molecule has 25 heavy (non-hydrogen) atoms. The minimum atomic E-state index is -4.18. The molecule has 1 saturated carbocycles. The van der Waals surface area contributed by atoms with Crippen molar-refractivity contribution in [3.05, 3.63) is 30.0 Å². The lowest BCUT2D eigenvalue weighted by molar-refractivity contribution is -0.184. The Labute approximate surface area is 143 Å². The first kappa shape index (κ1) is 17.6. The molecule has 7 heteroatoms. The fourth-order valence-electron chi connectivity index (χ4n) is 3.50. The van der Waals surface area contributed by atoms with Crippen molar-refractivity contribution < 1.29 is 22.7 Å². The van der Waals surface area contributed by atoms with Gasteiger partial charge in [0.1, 0.15) is 5.75 Å². The largest absolute Gasteiger partial charge is 0.497 e. The van der Waals surface area contributed by atoms with E-state index < -0.39 is 18.1 Å². The Kier molecular flexibility index (Phi) is 4.92. The molecule has 2 N–H and O–H groups in total. The quantitative estimate of drug-likeness (QED) is 0.873. The molecule has 1 aromatic carbocycles. The second-order valence-electron chi connectivity index (χ2n) is 6.57. The van der Waals surface area contributed by atoms with Gasteiger partial charge in [-0.05, 0) is 43.0 Å². The van der Waals surface area contributed by atoms with Gasteiger partial charge in [0.05, 0.1) is 19.4 Å². The Bertz CT molecular complexity index is 754. The Balaban J connectivity index is 1.65. The van der Waals surface area contributed by atoms with Crippen molar-refractivity contribution in [3.63, 3.8) is 0 Å². The summed E-state index contributed by atoms with van der Waals surface area (Å²) in [6, 6.07) is 5.12. The second kappa shape index (κ2) is 6.98. The van der Waals surface area contributed by atoms with Crippen molar-refractivity contribution in [3.8, 4) is 5.75 Å². The topological polar surface area (TPSA) is 54.1 Å². The third kappa shape index (κ3) is 4.08. The Hall–Kier alpha value is -2.18. The number of carbonyl (C=O) groups is 1. The van der Waals surface area contributed by atoms with E-state index in [4.69, 9.17) is 4.74 Å². The van der Waals surface area contributed by atoms with E-state index in [2.05, 4.69) is 10.3 Å². The van der Waals surface area contributed by atoms with Crippen molar-refractivity contribution in [2.24, 2.45) is 5.92 Å². The maximum Gasteiger partial charge on any atom is 0.391 e. The van der Waals surface area contributed by atoms with E-state index in [0.717, 1.165) is 16.5 Å². The smallest absolute Gasteiger partial charge is 0.391 e. The standard InChI is InChI=1S/C18H21F3N2O2/c1-25-14-5-6-16-15(9-14)11(10-22-16)7-17(24)23-13-4-2-3-12(8-13)18(19,20)21/h5-6,9-10,12-13,22H,2-4,7-8H2,1H3,(H,23,24). The summed E-state index contributed by atoms with van der Waals surface area (Å²) in [6.45, 7) is 0. The summed E-state index contributed by atoms with van der Waals surface area (Å²) in [5.41, 5.74) is 1.69. The zero-order chi connectivity index (χ0) is 18.0. The highest BCUT2D eigenvalue weighted by Crippen LogP contribution is 2.37. The van der Waals surface area contributed by atoms with Gasteiger partial charge >= 0.3 is 6.18 Å². The fraction of sp³-hybridized carbons (Fsp3) is 0.500. The second-order valence-corrected chi connectivity index (χ2v) is 6.57. The lowest BCUT2D eigenvalue weighted by Crippen LogP contribution is -2.42. The number of ether oxygens (including phenoxy) is 1. The van der Waals surface area contributed by atoms with Gasteiger partial charge in [0.2, 0.25) is 5.91 Å². The molecule has 1 fully saturated rings. The van der Waals surface area contributed by atoms with E-state index >= 15 is 0 Å². The van der Waals surface area contributed by atoms with Crippen LogP contribution in [0.3, 0.4) is 0 Å². The summed E-state index contributed by atoms with van der Waals surface area (Å²) in [5, 5.41) is 3.65. The predicted molar refractivity (Wildman–Crippen MR) is 88.5 cm³/mol. The number of carbonyl (C=O) groups excluding carboxylic acids is 1. The number of halogens is 3. The number of methoxy groups -OCH3 is 1. The van der Waals surface area contributed by atoms with E-state index in [9.17, 15) is 18.0 Å². The molecule has 2 atom stereocenters. The van der Waals surface area contributed by atoms with Crippen LogP contribution in [-0.2, 0) is 11.2 Å². The van der Waals surface area contributed by atoms with Crippen LogP contribution in [0.5, 0.6) is 5.75 Å². The van der Waals surface area contributed by atoms with Gasteiger partial charge in [0.15, 0.2) is 0 Å². The molecule has 4 nitrogen and oxygen atoms in total. The van der Waals surface area contributed by atoms with Crippen molar-refractivity contribution in [2.75, 3.05) is 7.11 Å². The van der Waals surface area contributed by atoms with Crippen LogP contribution < -0.4 is 10.1 Å². The van der Waals surface area contributed by atoms with Gasteiger partial charge in [0, 0.05) is 23.1 Å². The van der Waals surface area contributed by atoms with Crippen LogP contribution >= 0.6 is 0 Å². The van der Waals surface area contributed by atoms with Gasteiger partial charge in [-0.1, -0.05) is 6.42 Å². The number of H-pyrrole nitrogens is 1. The van der Waals surface area contributed by atoms with Gasteiger partial charge in [-0.3, -0.25) is 4.79 Å². The van der Waals surface area contributed by atoms with Crippen LogP contribution in [0, 0.1) is 5.92 Å². The summed E-state index contributed by atoms with van der Waals surface area (Å²) in [5.74, 6) is -0.880. The first-order chi connectivity index (χ1) is 11.9. The van der Waals surface area contributed by atoms with E-state index in [1.165, 1.54) is 0 Å². The van der Waals surface area contributed by atoms with Crippen LogP contribution in [-0.4, -0.2) is 30.2 Å².